The van der Waals surface area contributed by atoms with Gasteiger partial charge in [-0.3, -0.25) is 4.79 Å². The van der Waals surface area contributed by atoms with Crippen molar-refractivity contribution in [1.82, 2.24) is 0 Å². The van der Waals surface area contributed by atoms with Crippen molar-refractivity contribution in [3.63, 3.8) is 0 Å². The molecule has 3 rings (SSSR count). The molecule has 1 aromatic rings. The van der Waals surface area contributed by atoms with Crippen molar-refractivity contribution in [1.29, 1.82) is 0 Å². The Kier molecular flexibility index (Phi) is 9.78. The van der Waals surface area contributed by atoms with Crippen LogP contribution in [0.4, 0.5) is 4.79 Å². The van der Waals surface area contributed by atoms with Gasteiger partial charge in [-0.2, -0.15) is 0 Å². The maximum absolute atomic E-state index is 12.8. The van der Waals surface area contributed by atoms with Gasteiger partial charge in [-0.15, -0.1) is 0 Å². The molecule has 4 atom stereocenters. The Labute approximate surface area is 184 Å². The zero-order valence-corrected chi connectivity index (χ0v) is 18.3. The topological polar surface area (TPSA) is 80.3 Å². The Hall–Kier alpha value is -1.96. The molecular weight excluding hydrogens is 400 g/mol. The van der Waals surface area contributed by atoms with Crippen LogP contribution in [0.5, 0.6) is 0 Å². The van der Waals surface area contributed by atoms with E-state index in [4.69, 9.17) is 23.7 Å². The van der Waals surface area contributed by atoms with Crippen LogP contribution >= 0.6 is 0 Å². The zero-order chi connectivity index (χ0) is 21.9. The molecule has 0 amide bonds. The smallest absolute Gasteiger partial charge is 0.435 e. The standard InChI is InChI=1S/C24H34O7/c1-2-28-24(26)31-16-19-14-22(25)20(11-13-27-15-18-8-4-3-5-9-18)21(19)17-30-23-10-6-7-12-29-23/h3-5,8-9,19-21,23H,2,6-7,10-17H2,1H3. The fourth-order valence-electron chi connectivity index (χ4n) is 4.31. The lowest BCUT2D eigenvalue weighted by atomic mass is 9.88. The van der Waals surface area contributed by atoms with Crippen LogP contribution in [0.15, 0.2) is 30.3 Å². The summed E-state index contributed by atoms with van der Waals surface area (Å²) in [6.07, 6.45) is 3.10. The molecule has 2 aliphatic rings. The van der Waals surface area contributed by atoms with Crippen LogP contribution in [-0.4, -0.2) is 51.3 Å². The van der Waals surface area contributed by atoms with E-state index in [9.17, 15) is 9.59 Å². The number of benzene rings is 1. The van der Waals surface area contributed by atoms with Gasteiger partial charge in [0.25, 0.3) is 0 Å². The molecule has 1 aliphatic carbocycles. The Morgan fingerprint density at radius 2 is 1.97 bits per heavy atom. The molecule has 1 aliphatic heterocycles. The van der Waals surface area contributed by atoms with Gasteiger partial charge >= 0.3 is 6.16 Å². The van der Waals surface area contributed by atoms with Gasteiger partial charge in [0.1, 0.15) is 5.78 Å². The van der Waals surface area contributed by atoms with E-state index in [0.29, 0.717) is 39.3 Å². The highest BCUT2D eigenvalue weighted by Crippen LogP contribution is 2.37. The minimum atomic E-state index is -0.695. The number of carbonyl (C=O) groups is 2. The first kappa shape index (κ1) is 23.7. The SMILES string of the molecule is CCOC(=O)OCC1CC(=O)C(CCOCc2ccccc2)C1COC1CCCCO1. The molecule has 1 heterocycles. The molecule has 1 saturated heterocycles. The predicted octanol–water partition coefficient (Wildman–Crippen LogP) is 4.13. The predicted molar refractivity (Wildman–Crippen MR) is 113 cm³/mol. The summed E-state index contributed by atoms with van der Waals surface area (Å²) >= 11 is 0. The second-order valence-electron chi connectivity index (χ2n) is 8.15. The number of ketones is 1. The minimum Gasteiger partial charge on any atom is -0.435 e. The van der Waals surface area contributed by atoms with Crippen LogP contribution in [0.2, 0.25) is 0 Å². The van der Waals surface area contributed by atoms with Crippen LogP contribution in [0, 0.1) is 17.8 Å². The van der Waals surface area contributed by atoms with Gasteiger partial charge in [0.15, 0.2) is 6.29 Å². The molecule has 0 radical (unpaired) electrons. The first-order chi connectivity index (χ1) is 15.2. The van der Waals surface area contributed by atoms with E-state index in [0.717, 1.165) is 24.8 Å². The average Bonchev–Trinajstić information content (AvgIpc) is 3.09. The molecule has 7 heteroatoms. The van der Waals surface area contributed by atoms with Crippen molar-refractivity contribution >= 4 is 11.9 Å². The van der Waals surface area contributed by atoms with Gasteiger partial charge in [-0.1, -0.05) is 30.3 Å². The molecule has 0 spiro atoms. The lowest BCUT2D eigenvalue weighted by Crippen LogP contribution is -2.31. The fourth-order valence-corrected chi connectivity index (χ4v) is 4.31. The second-order valence-corrected chi connectivity index (χ2v) is 8.15. The van der Waals surface area contributed by atoms with Crippen molar-refractivity contribution in [2.45, 2.75) is 51.9 Å². The van der Waals surface area contributed by atoms with Crippen molar-refractivity contribution < 1.29 is 33.3 Å². The zero-order valence-electron chi connectivity index (χ0n) is 18.3. The lowest BCUT2D eigenvalue weighted by Gasteiger charge is -2.28. The number of carbonyl (C=O) groups excluding carboxylic acids is 2. The normalized spacial score (nSPS) is 26.0. The number of rotatable bonds is 11. The van der Waals surface area contributed by atoms with Gasteiger partial charge in [0.2, 0.25) is 0 Å². The van der Waals surface area contributed by atoms with Crippen molar-refractivity contribution in [2.75, 3.05) is 33.0 Å². The highest BCUT2D eigenvalue weighted by Gasteiger charge is 2.43. The van der Waals surface area contributed by atoms with Crippen LogP contribution in [0.25, 0.3) is 0 Å². The highest BCUT2D eigenvalue weighted by molar-refractivity contribution is 5.84. The Morgan fingerprint density at radius 3 is 2.71 bits per heavy atom. The third-order valence-electron chi connectivity index (χ3n) is 5.97. The second kappa shape index (κ2) is 12.8. The van der Waals surface area contributed by atoms with Gasteiger partial charge in [0.05, 0.1) is 26.4 Å². The summed E-state index contributed by atoms with van der Waals surface area (Å²) in [5.41, 5.74) is 1.11. The van der Waals surface area contributed by atoms with Gasteiger partial charge in [-0.05, 0) is 44.1 Å². The van der Waals surface area contributed by atoms with Gasteiger partial charge in [-0.25, -0.2) is 4.79 Å². The lowest BCUT2D eigenvalue weighted by molar-refractivity contribution is -0.174. The molecule has 0 bridgehead atoms. The maximum Gasteiger partial charge on any atom is 0.508 e. The molecule has 1 saturated carbocycles. The van der Waals surface area contributed by atoms with E-state index in [2.05, 4.69) is 0 Å². The van der Waals surface area contributed by atoms with Gasteiger partial charge in [0, 0.05) is 31.5 Å². The molecule has 1 aromatic carbocycles. The average molecular weight is 435 g/mol. The largest absolute Gasteiger partial charge is 0.508 e. The Morgan fingerprint density at radius 1 is 1.13 bits per heavy atom. The van der Waals surface area contributed by atoms with Crippen LogP contribution in [-0.2, 0) is 35.1 Å². The molecular formula is C24H34O7. The van der Waals surface area contributed by atoms with Crippen molar-refractivity contribution in [3.05, 3.63) is 35.9 Å². The molecule has 172 valence electrons. The summed E-state index contributed by atoms with van der Waals surface area (Å²) in [5.74, 6) is -0.110. The van der Waals surface area contributed by atoms with E-state index in [1.54, 1.807) is 6.92 Å². The van der Waals surface area contributed by atoms with Crippen LogP contribution in [0.1, 0.15) is 44.6 Å². The molecule has 7 nitrogen and oxygen atoms in total. The highest BCUT2D eigenvalue weighted by atomic mass is 16.7. The molecule has 0 aromatic heterocycles. The molecule has 31 heavy (non-hydrogen) atoms. The fraction of sp³-hybridized carbons (Fsp3) is 0.667. The summed E-state index contributed by atoms with van der Waals surface area (Å²) in [6.45, 7) is 4.28. The monoisotopic (exact) mass is 434 g/mol. The molecule has 4 unspecified atom stereocenters. The maximum atomic E-state index is 12.8. The minimum absolute atomic E-state index is 0.0345. The number of hydrogen-bond donors (Lipinski definition) is 0. The third kappa shape index (κ3) is 7.59. The summed E-state index contributed by atoms with van der Waals surface area (Å²) < 4.78 is 27.6. The summed E-state index contributed by atoms with van der Waals surface area (Å²) in [7, 11) is 0. The summed E-state index contributed by atoms with van der Waals surface area (Å²) in [5, 5.41) is 0. The number of ether oxygens (including phenoxy) is 5. The van der Waals surface area contributed by atoms with E-state index in [-0.39, 0.29) is 43.0 Å². The van der Waals surface area contributed by atoms with Crippen LogP contribution < -0.4 is 0 Å². The van der Waals surface area contributed by atoms with Crippen molar-refractivity contribution in [2.24, 2.45) is 17.8 Å². The first-order valence-electron chi connectivity index (χ1n) is 11.3. The van der Waals surface area contributed by atoms with Crippen LogP contribution in [0.3, 0.4) is 0 Å². The number of hydrogen-bond acceptors (Lipinski definition) is 7. The van der Waals surface area contributed by atoms with E-state index < -0.39 is 6.16 Å². The number of Topliss-reactive ketones (excluding diaryl/α,β-unsaturated/α-hetero) is 1. The van der Waals surface area contributed by atoms with E-state index in [1.165, 1.54) is 0 Å². The summed E-state index contributed by atoms with van der Waals surface area (Å²) in [6, 6.07) is 9.97. The quantitative estimate of drug-likeness (QED) is 0.383. The molecule has 2 fully saturated rings. The Bertz CT molecular complexity index is 672. The van der Waals surface area contributed by atoms with E-state index in [1.807, 2.05) is 30.3 Å². The van der Waals surface area contributed by atoms with Gasteiger partial charge < -0.3 is 23.7 Å². The van der Waals surface area contributed by atoms with Crippen molar-refractivity contribution in [3.8, 4) is 0 Å². The Balaban J connectivity index is 1.53. The third-order valence-corrected chi connectivity index (χ3v) is 5.97. The van der Waals surface area contributed by atoms with E-state index >= 15 is 0 Å². The molecule has 0 N–H and O–H groups in total. The first-order valence-corrected chi connectivity index (χ1v) is 11.3. The summed E-state index contributed by atoms with van der Waals surface area (Å²) in [4.78, 5) is 24.4.